The third-order valence-electron chi connectivity index (χ3n) is 3.97. The van der Waals surface area contributed by atoms with E-state index in [0.29, 0.717) is 16.9 Å². The van der Waals surface area contributed by atoms with Gasteiger partial charge in [0, 0.05) is 32.2 Å². The van der Waals surface area contributed by atoms with Gasteiger partial charge in [-0.05, 0) is 6.42 Å². The van der Waals surface area contributed by atoms with Crippen molar-refractivity contribution in [3.63, 3.8) is 0 Å². The number of aromatic nitrogens is 2. The number of methoxy groups -OCH3 is 1. The molecular weight excluding hydrogens is 280 g/mol. The normalized spacial score (nSPS) is 24.1. The predicted molar refractivity (Wildman–Crippen MR) is 76.6 cm³/mol. The number of halogens is 1. The van der Waals surface area contributed by atoms with Crippen molar-refractivity contribution >= 4 is 17.4 Å². The Balaban J connectivity index is 1.72. The molecule has 0 bridgehead atoms. The number of anilines is 1. The van der Waals surface area contributed by atoms with Gasteiger partial charge in [-0.3, -0.25) is 4.90 Å². The van der Waals surface area contributed by atoms with Crippen LogP contribution in [0.5, 0.6) is 5.75 Å². The fourth-order valence-electron chi connectivity index (χ4n) is 2.92. The number of hydrogen-bond donors (Lipinski definition) is 0. The van der Waals surface area contributed by atoms with E-state index in [1.165, 1.54) is 6.33 Å². The summed E-state index contributed by atoms with van der Waals surface area (Å²) in [6, 6.07) is 0.553. The van der Waals surface area contributed by atoms with Crippen LogP contribution in [0, 0.1) is 0 Å². The van der Waals surface area contributed by atoms with E-state index in [4.69, 9.17) is 21.1 Å². The first-order valence-electron chi connectivity index (χ1n) is 6.91. The van der Waals surface area contributed by atoms with Crippen molar-refractivity contribution in [1.29, 1.82) is 0 Å². The van der Waals surface area contributed by atoms with Crippen molar-refractivity contribution in [2.45, 2.75) is 12.5 Å². The SMILES string of the molecule is COc1c(Cl)ncnc1N1CCC(N2CCOCC2)C1. The molecule has 1 atom stereocenters. The minimum atomic E-state index is 0.368. The highest BCUT2D eigenvalue weighted by molar-refractivity contribution is 6.31. The number of hydrogen-bond acceptors (Lipinski definition) is 6. The van der Waals surface area contributed by atoms with Crippen LogP contribution in [0.2, 0.25) is 5.15 Å². The zero-order valence-corrected chi connectivity index (χ0v) is 12.3. The summed E-state index contributed by atoms with van der Waals surface area (Å²) < 4.78 is 10.7. The standard InChI is InChI=1S/C13H19ClN4O2/c1-19-11-12(14)15-9-16-13(11)18-3-2-10(8-18)17-4-6-20-7-5-17/h9-10H,2-8H2,1H3. The average molecular weight is 299 g/mol. The van der Waals surface area contributed by atoms with Gasteiger partial charge in [0.15, 0.2) is 16.7 Å². The minimum absolute atomic E-state index is 0.368. The molecule has 20 heavy (non-hydrogen) atoms. The average Bonchev–Trinajstić information content (AvgIpc) is 2.97. The topological polar surface area (TPSA) is 50.7 Å². The summed E-state index contributed by atoms with van der Waals surface area (Å²) >= 11 is 6.06. The molecule has 0 radical (unpaired) electrons. The molecule has 0 N–H and O–H groups in total. The zero-order chi connectivity index (χ0) is 13.9. The van der Waals surface area contributed by atoms with Crippen molar-refractivity contribution in [2.24, 2.45) is 0 Å². The summed E-state index contributed by atoms with van der Waals surface area (Å²) in [6.07, 6.45) is 2.62. The van der Waals surface area contributed by atoms with Crippen LogP contribution >= 0.6 is 11.6 Å². The largest absolute Gasteiger partial charge is 0.490 e. The van der Waals surface area contributed by atoms with Gasteiger partial charge in [-0.1, -0.05) is 11.6 Å². The molecule has 3 heterocycles. The Morgan fingerprint density at radius 1 is 1.30 bits per heavy atom. The molecule has 0 amide bonds. The van der Waals surface area contributed by atoms with Crippen LogP contribution in [0.25, 0.3) is 0 Å². The Labute approximate surface area is 123 Å². The van der Waals surface area contributed by atoms with Gasteiger partial charge in [-0.25, -0.2) is 9.97 Å². The lowest BCUT2D eigenvalue weighted by atomic mass is 10.2. The lowest BCUT2D eigenvalue weighted by molar-refractivity contribution is 0.0209. The molecule has 7 heteroatoms. The Hall–Kier alpha value is -1.11. The van der Waals surface area contributed by atoms with Gasteiger partial charge in [0.25, 0.3) is 0 Å². The predicted octanol–water partition coefficient (Wildman–Crippen LogP) is 1.05. The second-order valence-electron chi connectivity index (χ2n) is 5.06. The van der Waals surface area contributed by atoms with Crippen molar-refractivity contribution in [3.05, 3.63) is 11.5 Å². The molecule has 3 rings (SSSR count). The smallest absolute Gasteiger partial charge is 0.199 e. The molecule has 1 unspecified atom stereocenters. The van der Waals surface area contributed by atoms with Gasteiger partial charge in [0.1, 0.15) is 6.33 Å². The van der Waals surface area contributed by atoms with E-state index in [1.54, 1.807) is 7.11 Å². The van der Waals surface area contributed by atoms with Gasteiger partial charge in [0.2, 0.25) is 0 Å². The van der Waals surface area contributed by atoms with Gasteiger partial charge < -0.3 is 14.4 Å². The Morgan fingerprint density at radius 3 is 2.85 bits per heavy atom. The van der Waals surface area contributed by atoms with Gasteiger partial charge in [-0.15, -0.1) is 0 Å². The van der Waals surface area contributed by atoms with Crippen molar-refractivity contribution in [3.8, 4) is 5.75 Å². The molecule has 6 nitrogen and oxygen atoms in total. The lowest BCUT2D eigenvalue weighted by Gasteiger charge is -2.32. The summed E-state index contributed by atoms with van der Waals surface area (Å²) in [7, 11) is 1.60. The maximum absolute atomic E-state index is 6.06. The first-order valence-corrected chi connectivity index (χ1v) is 7.28. The number of morpholine rings is 1. The highest BCUT2D eigenvalue weighted by atomic mass is 35.5. The van der Waals surface area contributed by atoms with Gasteiger partial charge >= 0.3 is 0 Å². The van der Waals surface area contributed by atoms with E-state index in [0.717, 1.165) is 51.6 Å². The summed E-state index contributed by atoms with van der Waals surface area (Å²) in [5.74, 6) is 1.36. The fraction of sp³-hybridized carbons (Fsp3) is 0.692. The third kappa shape index (κ3) is 2.68. The third-order valence-corrected chi connectivity index (χ3v) is 4.24. The molecule has 110 valence electrons. The molecule has 1 aromatic heterocycles. The molecule has 2 aliphatic heterocycles. The first-order chi connectivity index (χ1) is 9.79. The molecule has 2 aliphatic rings. The van der Waals surface area contributed by atoms with E-state index in [1.807, 2.05) is 0 Å². The van der Waals surface area contributed by atoms with Crippen LogP contribution in [-0.4, -0.2) is 67.4 Å². The van der Waals surface area contributed by atoms with E-state index >= 15 is 0 Å². The molecule has 2 saturated heterocycles. The van der Waals surface area contributed by atoms with E-state index < -0.39 is 0 Å². The Kier molecular flexibility index (Phi) is 4.24. The van der Waals surface area contributed by atoms with Crippen LogP contribution in [-0.2, 0) is 4.74 Å². The zero-order valence-electron chi connectivity index (χ0n) is 11.6. The second kappa shape index (κ2) is 6.11. The number of nitrogens with zero attached hydrogens (tertiary/aromatic N) is 4. The molecule has 1 aromatic rings. The van der Waals surface area contributed by atoms with Crippen LogP contribution in [0.3, 0.4) is 0 Å². The molecule has 0 saturated carbocycles. The van der Waals surface area contributed by atoms with Crippen LogP contribution in [0.1, 0.15) is 6.42 Å². The van der Waals surface area contributed by atoms with Crippen LogP contribution < -0.4 is 9.64 Å². The molecule has 0 aliphatic carbocycles. The maximum Gasteiger partial charge on any atom is 0.199 e. The lowest BCUT2D eigenvalue weighted by Crippen LogP contribution is -2.44. The summed E-state index contributed by atoms with van der Waals surface area (Å²) in [5.41, 5.74) is 0. The summed E-state index contributed by atoms with van der Waals surface area (Å²) in [5, 5.41) is 0.368. The fourth-order valence-corrected chi connectivity index (χ4v) is 3.12. The highest BCUT2D eigenvalue weighted by Crippen LogP contribution is 2.33. The van der Waals surface area contributed by atoms with Gasteiger partial charge in [-0.2, -0.15) is 0 Å². The molecule has 2 fully saturated rings. The van der Waals surface area contributed by atoms with Crippen LogP contribution in [0.15, 0.2) is 6.33 Å². The molecular formula is C13H19ClN4O2. The van der Waals surface area contributed by atoms with Crippen molar-refractivity contribution < 1.29 is 9.47 Å². The maximum atomic E-state index is 6.06. The van der Waals surface area contributed by atoms with E-state index in [2.05, 4.69) is 19.8 Å². The highest BCUT2D eigenvalue weighted by Gasteiger charge is 2.31. The molecule has 0 aromatic carbocycles. The minimum Gasteiger partial charge on any atom is -0.490 e. The Morgan fingerprint density at radius 2 is 2.10 bits per heavy atom. The van der Waals surface area contributed by atoms with E-state index in [9.17, 15) is 0 Å². The summed E-state index contributed by atoms with van der Waals surface area (Å²) in [6.45, 7) is 5.61. The van der Waals surface area contributed by atoms with Gasteiger partial charge in [0.05, 0.1) is 20.3 Å². The monoisotopic (exact) mass is 298 g/mol. The Bertz CT molecular complexity index is 468. The van der Waals surface area contributed by atoms with Crippen molar-refractivity contribution in [1.82, 2.24) is 14.9 Å². The second-order valence-corrected chi connectivity index (χ2v) is 5.42. The molecule has 0 spiro atoms. The van der Waals surface area contributed by atoms with Crippen LogP contribution in [0.4, 0.5) is 5.82 Å². The number of rotatable bonds is 3. The first kappa shape index (κ1) is 13.9. The number of ether oxygens (including phenoxy) is 2. The quantitative estimate of drug-likeness (QED) is 0.778. The van der Waals surface area contributed by atoms with E-state index in [-0.39, 0.29) is 0 Å². The summed E-state index contributed by atoms with van der Waals surface area (Å²) in [4.78, 5) is 13.0. The van der Waals surface area contributed by atoms with Crippen molar-refractivity contribution in [2.75, 3.05) is 51.4 Å².